The van der Waals surface area contributed by atoms with Crippen LogP contribution in [0.1, 0.15) is 28.9 Å². The third kappa shape index (κ3) is 4.94. The number of nitrogens with zero attached hydrogens (tertiary/aromatic N) is 4. The van der Waals surface area contributed by atoms with Crippen molar-refractivity contribution in [2.24, 2.45) is 0 Å². The maximum absolute atomic E-state index is 12.7. The van der Waals surface area contributed by atoms with Crippen molar-refractivity contribution >= 4 is 62.0 Å². The van der Waals surface area contributed by atoms with E-state index in [2.05, 4.69) is 20.8 Å². The lowest BCUT2D eigenvalue weighted by Gasteiger charge is -2.10. The molecular weight excluding hydrogens is 537 g/mol. The minimum atomic E-state index is -0.461. The molecule has 0 atom stereocenters. The summed E-state index contributed by atoms with van der Waals surface area (Å²) in [5.74, 6) is 1.69. The molecule has 0 unspecified atom stereocenters. The first-order valence-electron chi connectivity index (χ1n) is 12.0. The number of rotatable bonds is 9. The molecule has 3 aromatic carbocycles. The van der Waals surface area contributed by atoms with Gasteiger partial charge in [0.05, 0.1) is 22.6 Å². The number of ether oxygens (including phenoxy) is 1. The van der Waals surface area contributed by atoms with Crippen LogP contribution in [-0.4, -0.2) is 32.3 Å². The van der Waals surface area contributed by atoms with E-state index < -0.39 is 5.97 Å². The first kappa shape index (κ1) is 24.7. The van der Waals surface area contributed by atoms with Crippen molar-refractivity contribution in [2.75, 3.05) is 6.61 Å². The molecular formula is C28H22N4O3S3. The van der Waals surface area contributed by atoms with Crippen molar-refractivity contribution in [3.8, 4) is 5.69 Å². The highest BCUT2D eigenvalue weighted by atomic mass is 32.2. The monoisotopic (exact) mass is 558 g/mol. The second-order valence-corrected chi connectivity index (χ2v) is 11.4. The summed E-state index contributed by atoms with van der Waals surface area (Å²) in [4.78, 5) is 17.4. The molecule has 0 aliphatic heterocycles. The zero-order chi connectivity index (χ0) is 25.9. The van der Waals surface area contributed by atoms with Crippen molar-refractivity contribution in [1.29, 1.82) is 0 Å². The Labute approximate surface area is 231 Å². The van der Waals surface area contributed by atoms with Crippen LogP contribution in [0.25, 0.3) is 26.9 Å². The van der Waals surface area contributed by atoms with E-state index >= 15 is 0 Å². The molecule has 0 N–H and O–H groups in total. The third-order valence-corrected chi connectivity index (χ3v) is 8.95. The van der Waals surface area contributed by atoms with E-state index in [1.807, 2.05) is 72.8 Å². The van der Waals surface area contributed by atoms with E-state index in [0.29, 0.717) is 17.1 Å². The largest absolute Gasteiger partial charge is 0.460 e. The standard InChI is InChI=1S/C28H22N4O3S3/c1-2-34-26(33)25-20(19-12-6-8-14-22(19)35-25)16-36-27-31-30-24(32(27)18-10-4-3-5-11-18)17-37-28-29-21-13-7-9-15-23(21)38-28/h3-15H,2,16-17H2,1H3. The molecule has 0 amide bonds. The van der Waals surface area contributed by atoms with Gasteiger partial charge in [-0.1, -0.05) is 72.1 Å². The Morgan fingerprint density at radius 3 is 2.58 bits per heavy atom. The Morgan fingerprint density at radius 1 is 0.947 bits per heavy atom. The van der Waals surface area contributed by atoms with E-state index in [1.165, 1.54) is 16.5 Å². The number of esters is 1. The Hall–Kier alpha value is -3.60. The topological polar surface area (TPSA) is 83.0 Å². The van der Waals surface area contributed by atoms with Gasteiger partial charge in [-0.15, -0.1) is 21.5 Å². The van der Waals surface area contributed by atoms with Gasteiger partial charge in [0, 0.05) is 22.4 Å². The quantitative estimate of drug-likeness (QED) is 0.134. The summed E-state index contributed by atoms with van der Waals surface area (Å²) < 4.78 is 15.4. The molecule has 6 aromatic rings. The molecule has 3 aromatic heterocycles. The average molecular weight is 559 g/mol. The zero-order valence-corrected chi connectivity index (χ0v) is 22.8. The average Bonchev–Trinajstić information content (AvgIpc) is 3.66. The lowest BCUT2D eigenvalue weighted by Crippen LogP contribution is -2.06. The first-order chi connectivity index (χ1) is 18.7. The highest BCUT2D eigenvalue weighted by Crippen LogP contribution is 2.35. The van der Waals surface area contributed by atoms with Crippen LogP contribution < -0.4 is 0 Å². The number of carbonyl (C=O) groups excluding carboxylic acids is 1. The van der Waals surface area contributed by atoms with Crippen molar-refractivity contribution in [1.82, 2.24) is 19.7 Å². The number of hydrogen-bond acceptors (Lipinski definition) is 9. The molecule has 190 valence electrons. The van der Waals surface area contributed by atoms with Gasteiger partial charge in [-0.3, -0.25) is 4.57 Å². The molecule has 0 fully saturated rings. The van der Waals surface area contributed by atoms with Gasteiger partial charge in [0.1, 0.15) is 11.4 Å². The molecule has 6 rings (SSSR count). The summed E-state index contributed by atoms with van der Waals surface area (Å²) in [6.45, 7) is 2.06. The van der Waals surface area contributed by atoms with Crippen LogP contribution in [0, 0.1) is 0 Å². The minimum absolute atomic E-state index is 0.234. The van der Waals surface area contributed by atoms with Crippen LogP contribution in [0.5, 0.6) is 0 Å². The maximum atomic E-state index is 12.7. The molecule has 0 radical (unpaired) electrons. The van der Waals surface area contributed by atoms with Gasteiger partial charge in [0.25, 0.3) is 0 Å². The predicted octanol–water partition coefficient (Wildman–Crippen LogP) is 7.38. The van der Waals surface area contributed by atoms with Crippen LogP contribution in [0.4, 0.5) is 0 Å². The normalized spacial score (nSPS) is 11.4. The molecule has 0 bridgehead atoms. The summed E-state index contributed by atoms with van der Waals surface area (Å²) in [6.07, 6.45) is 0. The first-order valence-corrected chi connectivity index (χ1v) is 14.8. The number of fused-ring (bicyclic) bond motifs is 2. The van der Waals surface area contributed by atoms with Gasteiger partial charge >= 0.3 is 5.97 Å². The molecule has 38 heavy (non-hydrogen) atoms. The molecule has 10 heteroatoms. The predicted molar refractivity (Wildman–Crippen MR) is 152 cm³/mol. The Balaban J connectivity index is 1.30. The molecule has 0 saturated carbocycles. The van der Waals surface area contributed by atoms with E-state index in [0.717, 1.165) is 37.5 Å². The van der Waals surface area contributed by atoms with Crippen LogP contribution >= 0.6 is 34.9 Å². The summed E-state index contributed by atoms with van der Waals surface area (Å²) in [6, 6.07) is 25.8. The summed E-state index contributed by atoms with van der Waals surface area (Å²) in [7, 11) is 0. The maximum Gasteiger partial charge on any atom is 0.374 e. The molecule has 7 nitrogen and oxygen atoms in total. The number of aromatic nitrogens is 4. The molecule has 0 spiro atoms. The summed E-state index contributed by atoms with van der Waals surface area (Å²) in [5.41, 5.74) is 3.42. The Kier molecular flexibility index (Phi) is 7.17. The molecule has 0 aliphatic rings. The highest BCUT2D eigenvalue weighted by Gasteiger charge is 2.23. The number of thiazole rings is 1. The fourth-order valence-electron chi connectivity index (χ4n) is 4.10. The van der Waals surface area contributed by atoms with E-state index in [4.69, 9.17) is 14.1 Å². The Morgan fingerprint density at radius 2 is 1.74 bits per heavy atom. The zero-order valence-electron chi connectivity index (χ0n) is 20.4. The number of para-hydroxylation sites is 3. The second kappa shape index (κ2) is 11.0. The molecule has 0 aliphatic carbocycles. The minimum Gasteiger partial charge on any atom is -0.460 e. The number of furan rings is 1. The summed E-state index contributed by atoms with van der Waals surface area (Å²) >= 11 is 4.84. The van der Waals surface area contributed by atoms with Crippen molar-refractivity contribution in [2.45, 2.75) is 27.9 Å². The number of carbonyl (C=O) groups is 1. The van der Waals surface area contributed by atoms with Crippen molar-refractivity contribution < 1.29 is 13.9 Å². The van der Waals surface area contributed by atoms with E-state index in [9.17, 15) is 4.79 Å². The smallest absolute Gasteiger partial charge is 0.374 e. The number of thioether (sulfide) groups is 2. The van der Waals surface area contributed by atoms with Crippen LogP contribution in [0.3, 0.4) is 0 Å². The van der Waals surface area contributed by atoms with E-state index in [1.54, 1.807) is 30.0 Å². The van der Waals surface area contributed by atoms with Crippen LogP contribution in [0.15, 0.2) is 92.8 Å². The van der Waals surface area contributed by atoms with Gasteiger partial charge in [0.2, 0.25) is 5.76 Å². The van der Waals surface area contributed by atoms with Crippen molar-refractivity contribution in [3.05, 3.63) is 96.0 Å². The Bertz CT molecular complexity index is 1690. The fourth-order valence-corrected chi connectivity index (χ4v) is 7.08. The van der Waals surface area contributed by atoms with Crippen LogP contribution in [0.2, 0.25) is 0 Å². The van der Waals surface area contributed by atoms with Gasteiger partial charge in [-0.05, 0) is 37.3 Å². The second-order valence-electron chi connectivity index (χ2n) is 8.22. The van der Waals surface area contributed by atoms with Gasteiger partial charge < -0.3 is 9.15 Å². The van der Waals surface area contributed by atoms with Gasteiger partial charge in [0.15, 0.2) is 9.50 Å². The van der Waals surface area contributed by atoms with Crippen molar-refractivity contribution in [3.63, 3.8) is 0 Å². The van der Waals surface area contributed by atoms with Crippen LogP contribution in [-0.2, 0) is 16.2 Å². The SMILES string of the molecule is CCOC(=O)c1oc2ccccc2c1CSc1nnc(CSc2nc3ccccc3s2)n1-c1ccccc1. The third-order valence-electron chi connectivity index (χ3n) is 5.82. The van der Waals surface area contributed by atoms with E-state index in [-0.39, 0.29) is 12.4 Å². The fraction of sp³-hybridized carbons (Fsp3) is 0.143. The lowest BCUT2D eigenvalue weighted by molar-refractivity contribution is 0.0491. The number of benzene rings is 3. The molecule has 0 saturated heterocycles. The van der Waals surface area contributed by atoms with Gasteiger partial charge in [-0.25, -0.2) is 9.78 Å². The molecule has 3 heterocycles. The highest BCUT2D eigenvalue weighted by molar-refractivity contribution is 8.00. The number of hydrogen-bond donors (Lipinski definition) is 0. The van der Waals surface area contributed by atoms with Gasteiger partial charge in [-0.2, -0.15) is 0 Å². The summed E-state index contributed by atoms with van der Waals surface area (Å²) in [5, 5.41) is 10.7. The lowest BCUT2D eigenvalue weighted by atomic mass is 10.1.